The summed E-state index contributed by atoms with van der Waals surface area (Å²) in [6.07, 6.45) is 1.66. The van der Waals surface area contributed by atoms with Crippen molar-refractivity contribution in [3.05, 3.63) is 35.4 Å². The van der Waals surface area contributed by atoms with E-state index in [2.05, 4.69) is 19.2 Å². The number of hydrogen-bond donors (Lipinski definition) is 1. The molecule has 1 heterocycles. The second kappa shape index (κ2) is 6.74. The number of carbonyl (C=O) groups excluding carboxylic acids is 2. The van der Waals surface area contributed by atoms with Gasteiger partial charge in [0, 0.05) is 31.6 Å². The van der Waals surface area contributed by atoms with E-state index in [1.165, 1.54) is 5.56 Å². The van der Waals surface area contributed by atoms with Gasteiger partial charge in [-0.05, 0) is 36.5 Å². The largest absolute Gasteiger partial charge is 0.349 e. The van der Waals surface area contributed by atoms with Gasteiger partial charge in [0.25, 0.3) is 5.91 Å². The maximum atomic E-state index is 12.2. The third-order valence-corrected chi connectivity index (χ3v) is 4.12. The number of piperidine rings is 1. The first-order valence-electron chi connectivity index (χ1n) is 7.63. The van der Waals surface area contributed by atoms with Gasteiger partial charge in [-0.15, -0.1) is 0 Å². The minimum absolute atomic E-state index is 0.0217. The van der Waals surface area contributed by atoms with E-state index in [0.717, 1.165) is 25.9 Å². The van der Waals surface area contributed by atoms with Crippen LogP contribution in [0.1, 0.15) is 55.5 Å². The summed E-state index contributed by atoms with van der Waals surface area (Å²) in [5.41, 5.74) is 1.94. The molecule has 0 aliphatic carbocycles. The lowest BCUT2D eigenvalue weighted by molar-refractivity contribution is -0.129. The van der Waals surface area contributed by atoms with E-state index < -0.39 is 0 Å². The summed E-state index contributed by atoms with van der Waals surface area (Å²) in [4.78, 5) is 25.3. The van der Waals surface area contributed by atoms with Gasteiger partial charge in [0.15, 0.2) is 0 Å². The zero-order valence-electron chi connectivity index (χ0n) is 13.1. The summed E-state index contributed by atoms with van der Waals surface area (Å²) in [5, 5.41) is 3.07. The fourth-order valence-electron chi connectivity index (χ4n) is 2.63. The van der Waals surface area contributed by atoms with Crippen LogP contribution in [0.3, 0.4) is 0 Å². The Morgan fingerprint density at radius 1 is 1.14 bits per heavy atom. The van der Waals surface area contributed by atoms with Gasteiger partial charge in [0.2, 0.25) is 5.91 Å². The quantitative estimate of drug-likeness (QED) is 0.929. The highest BCUT2D eigenvalue weighted by atomic mass is 16.2. The van der Waals surface area contributed by atoms with Crippen molar-refractivity contribution in [2.75, 3.05) is 13.1 Å². The van der Waals surface area contributed by atoms with Gasteiger partial charge in [0.1, 0.15) is 0 Å². The molecule has 1 aromatic carbocycles. The predicted octanol–water partition coefficient (Wildman–Crippen LogP) is 2.55. The summed E-state index contributed by atoms with van der Waals surface area (Å²) in [6.45, 7) is 7.32. The molecule has 1 aromatic rings. The van der Waals surface area contributed by atoms with E-state index in [9.17, 15) is 9.59 Å². The molecular weight excluding hydrogens is 264 g/mol. The highest BCUT2D eigenvalue weighted by molar-refractivity contribution is 5.94. The molecule has 0 aromatic heterocycles. The molecule has 1 fully saturated rings. The van der Waals surface area contributed by atoms with E-state index >= 15 is 0 Å². The molecule has 0 bridgehead atoms. The van der Waals surface area contributed by atoms with Crippen LogP contribution in [0.25, 0.3) is 0 Å². The highest BCUT2D eigenvalue weighted by Crippen LogP contribution is 2.15. The predicted molar refractivity (Wildman–Crippen MR) is 83.3 cm³/mol. The first-order valence-corrected chi connectivity index (χ1v) is 7.63. The van der Waals surface area contributed by atoms with Crippen LogP contribution in [0, 0.1) is 0 Å². The van der Waals surface area contributed by atoms with Crippen LogP contribution in [-0.4, -0.2) is 35.8 Å². The Kier molecular flexibility index (Phi) is 4.99. The first kappa shape index (κ1) is 15.5. The van der Waals surface area contributed by atoms with E-state index in [1.54, 1.807) is 6.92 Å². The monoisotopic (exact) mass is 288 g/mol. The van der Waals surface area contributed by atoms with E-state index in [-0.39, 0.29) is 17.9 Å². The SMILES string of the molecule is CC(=O)N1CCC(NC(=O)c2ccc(C(C)C)cc2)CC1. The molecule has 2 rings (SSSR count). The molecule has 2 amide bonds. The van der Waals surface area contributed by atoms with Crippen molar-refractivity contribution in [3.63, 3.8) is 0 Å². The number of rotatable bonds is 3. The summed E-state index contributed by atoms with van der Waals surface area (Å²) in [5.74, 6) is 0.564. The lowest BCUT2D eigenvalue weighted by Crippen LogP contribution is -2.45. The van der Waals surface area contributed by atoms with Gasteiger partial charge in [-0.2, -0.15) is 0 Å². The molecule has 0 spiro atoms. The standard InChI is InChI=1S/C17H24N2O2/c1-12(2)14-4-6-15(7-5-14)17(21)18-16-8-10-19(11-9-16)13(3)20/h4-7,12,16H,8-11H2,1-3H3,(H,18,21). The molecule has 0 saturated carbocycles. The Balaban J connectivity index is 1.89. The minimum Gasteiger partial charge on any atom is -0.349 e. The molecule has 0 unspecified atom stereocenters. The molecule has 4 heteroatoms. The minimum atomic E-state index is -0.0217. The van der Waals surface area contributed by atoms with Crippen molar-refractivity contribution in [2.45, 2.75) is 45.6 Å². The van der Waals surface area contributed by atoms with E-state index in [4.69, 9.17) is 0 Å². The smallest absolute Gasteiger partial charge is 0.251 e. The maximum Gasteiger partial charge on any atom is 0.251 e. The van der Waals surface area contributed by atoms with E-state index in [1.807, 2.05) is 29.2 Å². The topological polar surface area (TPSA) is 49.4 Å². The third-order valence-electron chi connectivity index (χ3n) is 4.12. The van der Waals surface area contributed by atoms with Crippen LogP contribution in [0.5, 0.6) is 0 Å². The fourth-order valence-corrected chi connectivity index (χ4v) is 2.63. The van der Waals surface area contributed by atoms with Crippen molar-refractivity contribution in [3.8, 4) is 0 Å². The Morgan fingerprint density at radius 2 is 1.71 bits per heavy atom. The van der Waals surface area contributed by atoms with Gasteiger partial charge < -0.3 is 10.2 Å². The number of nitrogens with zero attached hydrogens (tertiary/aromatic N) is 1. The van der Waals surface area contributed by atoms with Crippen molar-refractivity contribution in [2.24, 2.45) is 0 Å². The summed E-state index contributed by atoms with van der Waals surface area (Å²) >= 11 is 0. The van der Waals surface area contributed by atoms with Crippen LogP contribution in [0.2, 0.25) is 0 Å². The van der Waals surface area contributed by atoms with Gasteiger partial charge >= 0.3 is 0 Å². The Morgan fingerprint density at radius 3 is 2.19 bits per heavy atom. The molecule has 0 radical (unpaired) electrons. The average Bonchev–Trinajstić information content (AvgIpc) is 2.47. The van der Waals surface area contributed by atoms with Crippen molar-refractivity contribution >= 4 is 11.8 Å². The molecule has 1 N–H and O–H groups in total. The van der Waals surface area contributed by atoms with Crippen molar-refractivity contribution in [1.82, 2.24) is 10.2 Å². The zero-order valence-corrected chi connectivity index (χ0v) is 13.1. The number of benzene rings is 1. The molecule has 1 saturated heterocycles. The van der Waals surface area contributed by atoms with Crippen LogP contribution in [-0.2, 0) is 4.79 Å². The highest BCUT2D eigenvalue weighted by Gasteiger charge is 2.22. The lowest BCUT2D eigenvalue weighted by atomic mass is 10.0. The van der Waals surface area contributed by atoms with Crippen LogP contribution in [0.4, 0.5) is 0 Å². The molecule has 0 atom stereocenters. The Hall–Kier alpha value is -1.84. The van der Waals surface area contributed by atoms with Crippen molar-refractivity contribution < 1.29 is 9.59 Å². The van der Waals surface area contributed by atoms with Gasteiger partial charge in [0.05, 0.1) is 0 Å². The number of likely N-dealkylation sites (tertiary alicyclic amines) is 1. The summed E-state index contributed by atoms with van der Waals surface area (Å²) in [6, 6.07) is 7.96. The first-order chi connectivity index (χ1) is 9.97. The fraction of sp³-hybridized carbons (Fsp3) is 0.529. The molecule has 4 nitrogen and oxygen atoms in total. The van der Waals surface area contributed by atoms with Crippen LogP contribution < -0.4 is 5.32 Å². The second-order valence-corrected chi connectivity index (χ2v) is 6.03. The molecular formula is C17H24N2O2. The molecule has 1 aliphatic rings. The number of carbonyl (C=O) groups is 2. The molecule has 114 valence electrons. The third kappa shape index (κ3) is 4.06. The van der Waals surface area contributed by atoms with E-state index in [0.29, 0.717) is 11.5 Å². The van der Waals surface area contributed by atoms with Gasteiger partial charge in [-0.25, -0.2) is 0 Å². The number of hydrogen-bond acceptors (Lipinski definition) is 2. The van der Waals surface area contributed by atoms with Gasteiger partial charge in [-0.3, -0.25) is 9.59 Å². The van der Waals surface area contributed by atoms with Crippen molar-refractivity contribution in [1.29, 1.82) is 0 Å². The zero-order chi connectivity index (χ0) is 15.4. The lowest BCUT2D eigenvalue weighted by Gasteiger charge is -2.31. The van der Waals surface area contributed by atoms with Crippen LogP contribution in [0.15, 0.2) is 24.3 Å². The second-order valence-electron chi connectivity index (χ2n) is 6.03. The summed E-state index contributed by atoms with van der Waals surface area (Å²) in [7, 11) is 0. The normalized spacial score (nSPS) is 16.1. The summed E-state index contributed by atoms with van der Waals surface area (Å²) < 4.78 is 0. The Labute approximate surface area is 126 Å². The van der Waals surface area contributed by atoms with Crippen LogP contribution >= 0.6 is 0 Å². The number of nitrogens with one attached hydrogen (secondary N) is 1. The molecule has 21 heavy (non-hydrogen) atoms. The molecule has 1 aliphatic heterocycles. The maximum absolute atomic E-state index is 12.2. The Bertz CT molecular complexity index is 500. The number of amides is 2. The van der Waals surface area contributed by atoms with Gasteiger partial charge in [-0.1, -0.05) is 26.0 Å². The average molecular weight is 288 g/mol.